The number of anilines is 1. The van der Waals surface area contributed by atoms with Gasteiger partial charge in [-0.05, 0) is 61.0 Å². The van der Waals surface area contributed by atoms with Gasteiger partial charge in [-0.15, -0.1) is 0 Å². The van der Waals surface area contributed by atoms with E-state index in [1.165, 1.54) is 29.2 Å². The molecule has 0 radical (unpaired) electrons. The number of carbonyl (C=O) groups is 3. The van der Waals surface area contributed by atoms with Gasteiger partial charge in [0.25, 0.3) is 11.8 Å². The van der Waals surface area contributed by atoms with Crippen LogP contribution < -0.4 is 9.64 Å². The summed E-state index contributed by atoms with van der Waals surface area (Å²) in [6.45, 7) is 2.51. The molecule has 0 aromatic heterocycles. The lowest BCUT2D eigenvalue weighted by Crippen LogP contribution is -2.45. The average Bonchev–Trinajstić information content (AvgIpc) is 3.12. The van der Waals surface area contributed by atoms with Crippen molar-refractivity contribution in [2.45, 2.75) is 25.9 Å². The fraction of sp³-hybridized carbons (Fsp3) is 0.192. The lowest BCUT2D eigenvalue weighted by atomic mass is 10.1. The molecule has 4 rings (SSSR count). The van der Waals surface area contributed by atoms with E-state index >= 15 is 0 Å². The predicted octanol–water partition coefficient (Wildman–Crippen LogP) is 4.20. The highest BCUT2D eigenvalue weighted by atomic mass is 19.1. The Morgan fingerprint density at radius 2 is 1.67 bits per heavy atom. The highest BCUT2D eigenvalue weighted by Gasteiger charge is 2.44. The molecule has 7 heteroatoms. The maximum absolute atomic E-state index is 13.4. The minimum absolute atomic E-state index is 0.133. The standard InChI is InChI=1S/C26H23FN2O4/c1-2-33-22-14-12-21(13-15-22)29-24(30)16-23(26(29)32)28(17-18-6-4-3-5-7-18)25(31)19-8-10-20(27)11-9-19/h3-15,23H,2,16-17H2,1H3. The van der Waals surface area contributed by atoms with E-state index in [0.29, 0.717) is 18.0 Å². The van der Waals surface area contributed by atoms with Gasteiger partial charge in [-0.2, -0.15) is 0 Å². The van der Waals surface area contributed by atoms with Gasteiger partial charge in [-0.3, -0.25) is 14.4 Å². The predicted molar refractivity (Wildman–Crippen MR) is 121 cm³/mol. The third-order valence-corrected chi connectivity index (χ3v) is 5.45. The Hall–Kier alpha value is -4.00. The maximum Gasteiger partial charge on any atom is 0.257 e. The molecule has 6 nitrogen and oxygen atoms in total. The Bertz CT molecular complexity index is 1150. The number of amides is 3. The number of nitrogens with zero attached hydrogens (tertiary/aromatic N) is 2. The fourth-order valence-corrected chi connectivity index (χ4v) is 3.85. The summed E-state index contributed by atoms with van der Waals surface area (Å²) in [7, 11) is 0. The minimum Gasteiger partial charge on any atom is -0.494 e. The van der Waals surface area contributed by atoms with Gasteiger partial charge in [0.05, 0.1) is 18.7 Å². The zero-order valence-electron chi connectivity index (χ0n) is 18.1. The summed E-state index contributed by atoms with van der Waals surface area (Å²) in [5, 5.41) is 0. The maximum atomic E-state index is 13.4. The average molecular weight is 446 g/mol. The van der Waals surface area contributed by atoms with Crippen molar-refractivity contribution in [1.29, 1.82) is 0 Å². The smallest absolute Gasteiger partial charge is 0.257 e. The summed E-state index contributed by atoms with van der Waals surface area (Å²) in [5.41, 5.74) is 1.48. The van der Waals surface area contributed by atoms with Crippen LogP contribution in [0.25, 0.3) is 0 Å². The number of rotatable bonds is 7. The summed E-state index contributed by atoms with van der Waals surface area (Å²) in [5.74, 6) is -1.14. The van der Waals surface area contributed by atoms with Crippen LogP contribution in [-0.4, -0.2) is 35.3 Å². The van der Waals surface area contributed by atoms with Crippen LogP contribution in [0, 0.1) is 5.82 Å². The second-order valence-electron chi connectivity index (χ2n) is 7.64. The molecule has 1 aliphatic rings. The monoisotopic (exact) mass is 446 g/mol. The van der Waals surface area contributed by atoms with Crippen LogP contribution >= 0.6 is 0 Å². The second kappa shape index (κ2) is 9.65. The molecule has 0 spiro atoms. The van der Waals surface area contributed by atoms with E-state index < -0.39 is 23.7 Å². The van der Waals surface area contributed by atoms with E-state index in [-0.39, 0.29) is 24.4 Å². The Balaban J connectivity index is 1.64. The van der Waals surface area contributed by atoms with Crippen molar-refractivity contribution >= 4 is 23.4 Å². The largest absolute Gasteiger partial charge is 0.494 e. The van der Waals surface area contributed by atoms with Gasteiger partial charge in [0, 0.05) is 12.1 Å². The normalized spacial score (nSPS) is 15.6. The first-order chi connectivity index (χ1) is 16.0. The quantitative estimate of drug-likeness (QED) is 0.510. The molecule has 33 heavy (non-hydrogen) atoms. The van der Waals surface area contributed by atoms with Crippen LogP contribution in [0.5, 0.6) is 5.75 Å². The van der Waals surface area contributed by atoms with E-state index in [2.05, 4.69) is 0 Å². The Labute approximate surface area is 191 Å². The molecular formula is C26H23FN2O4. The van der Waals surface area contributed by atoms with Crippen molar-refractivity contribution < 1.29 is 23.5 Å². The molecule has 3 amide bonds. The van der Waals surface area contributed by atoms with E-state index in [1.807, 2.05) is 37.3 Å². The molecule has 3 aromatic carbocycles. The molecule has 0 saturated carbocycles. The number of halogens is 1. The van der Waals surface area contributed by atoms with Crippen molar-refractivity contribution in [2.24, 2.45) is 0 Å². The Morgan fingerprint density at radius 3 is 2.30 bits per heavy atom. The highest BCUT2D eigenvalue weighted by Crippen LogP contribution is 2.29. The topological polar surface area (TPSA) is 66.9 Å². The van der Waals surface area contributed by atoms with Crippen molar-refractivity contribution in [2.75, 3.05) is 11.5 Å². The summed E-state index contributed by atoms with van der Waals surface area (Å²) in [6.07, 6.45) is -0.133. The second-order valence-corrected chi connectivity index (χ2v) is 7.64. The molecule has 1 unspecified atom stereocenters. The van der Waals surface area contributed by atoms with Crippen LogP contribution in [0.15, 0.2) is 78.9 Å². The van der Waals surface area contributed by atoms with Crippen molar-refractivity contribution in [3.8, 4) is 5.75 Å². The van der Waals surface area contributed by atoms with Gasteiger partial charge in [0.2, 0.25) is 5.91 Å². The van der Waals surface area contributed by atoms with Crippen LogP contribution in [0.1, 0.15) is 29.3 Å². The number of imide groups is 1. The highest BCUT2D eigenvalue weighted by molar-refractivity contribution is 6.23. The number of ether oxygens (including phenoxy) is 1. The molecule has 0 bridgehead atoms. The molecule has 1 atom stereocenters. The molecule has 1 heterocycles. The zero-order valence-corrected chi connectivity index (χ0v) is 18.1. The lowest BCUT2D eigenvalue weighted by Gasteiger charge is -2.28. The van der Waals surface area contributed by atoms with Crippen molar-refractivity contribution in [3.05, 3.63) is 95.8 Å². The van der Waals surface area contributed by atoms with Crippen molar-refractivity contribution in [1.82, 2.24) is 4.90 Å². The number of hydrogen-bond donors (Lipinski definition) is 0. The first-order valence-corrected chi connectivity index (χ1v) is 10.7. The van der Waals surface area contributed by atoms with Gasteiger partial charge in [-0.1, -0.05) is 30.3 Å². The molecular weight excluding hydrogens is 423 g/mol. The number of carbonyl (C=O) groups excluding carboxylic acids is 3. The molecule has 1 fully saturated rings. The summed E-state index contributed by atoms with van der Waals surface area (Å²) in [6, 6.07) is 20.1. The minimum atomic E-state index is -0.971. The van der Waals surface area contributed by atoms with E-state index in [1.54, 1.807) is 24.3 Å². The zero-order chi connectivity index (χ0) is 23.4. The molecule has 1 aliphatic heterocycles. The number of hydrogen-bond acceptors (Lipinski definition) is 4. The van der Waals surface area contributed by atoms with Crippen LogP contribution in [0.4, 0.5) is 10.1 Å². The van der Waals surface area contributed by atoms with Gasteiger partial charge in [0.15, 0.2) is 0 Å². The number of benzene rings is 3. The van der Waals surface area contributed by atoms with Crippen LogP contribution in [-0.2, 0) is 16.1 Å². The van der Waals surface area contributed by atoms with Crippen LogP contribution in [0.3, 0.4) is 0 Å². The van der Waals surface area contributed by atoms with Gasteiger partial charge >= 0.3 is 0 Å². The summed E-state index contributed by atoms with van der Waals surface area (Å²) in [4.78, 5) is 42.1. The van der Waals surface area contributed by atoms with E-state index in [4.69, 9.17) is 4.74 Å². The lowest BCUT2D eigenvalue weighted by molar-refractivity contribution is -0.122. The van der Waals surface area contributed by atoms with Gasteiger partial charge < -0.3 is 9.64 Å². The Kier molecular flexibility index (Phi) is 6.49. The van der Waals surface area contributed by atoms with Crippen molar-refractivity contribution in [3.63, 3.8) is 0 Å². The first-order valence-electron chi connectivity index (χ1n) is 10.7. The van der Waals surface area contributed by atoms with Gasteiger partial charge in [0.1, 0.15) is 17.6 Å². The molecule has 0 aliphatic carbocycles. The molecule has 0 N–H and O–H groups in total. The molecule has 1 saturated heterocycles. The van der Waals surface area contributed by atoms with Gasteiger partial charge in [-0.25, -0.2) is 9.29 Å². The Morgan fingerprint density at radius 1 is 1.00 bits per heavy atom. The van der Waals surface area contributed by atoms with E-state index in [9.17, 15) is 18.8 Å². The molecule has 168 valence electrons. The molecule has 3 aromatic rings. The third-order valence-electron chi connectivity index (χ3n) is 5.45. The van der Waals surface area contributed by atoms with E-state index in [0.717, 1.165) is 10.5 Å². The first kappa shape index (κ1) is 22.2. The SMILES string of the molecule is CCOc1ccc(N2C(=O)CC(N(Cc3ccccc3)C(=O)c3ccc(F)cc3)C2=O)cc1. The summed E-state index contributed by atoms with van der Waals surface area (Å²) >= 11 is 0. The fourth-order valence-electron chi connectivity index (χ4n) is 3.85. The summed E-state index contributed by atoms with van der Waals surface area (Å²) < 4.78 is 18.8. The van der Waals surface area contributed by atoms with Crippen LogP contribution in [0.2, 0.25) is 0 Å². The third kappa shape index (κ3) is 4.77.